The molecular weight excluding hydrogens is 336 g/mol. The average Bonchev–Trinajstić information content (AvgIpc) is 3.17. The van der Waals surface area contributed by atoms with E-state index in [1.165, 1.54) is 0 Å². The monoisotopic (exact) mass is 358 g/mol. The molecule has 2 aromatic heterocycles. The van der Waals surface area contributed by atoms with Crippen LogP contribution < -0.4 is 9.64 Å². The summed E-state index contributed by atoms with van der Waals surface area (Å²) in [6.45, 7) is 1.94. The SMILES string of the molecule is COc1cccc2ccc(N3CCC[C@@H](c4nc5ccccc5[nH]4)C3)nc12. The van der Waals surface area contributed by atoms with E-state index in [-0.39, 0.29) is 0 Å². The first-order chi connectivity index (χ1) is 13.3. The van der Waals surface area contributed by atoms with Crippen molar-refractivity contribution in [2.45, 2.75) is 18.8 Å². The molecule has 1 aliphatic heterocycles. The number of piperidine rings is 1. The van der Waals surface area contributed by atoms with Gasteiger partial charge in [-0.3, -0.25) is 0 Å². The lowest BCUT2D eigenvalue weighted by atomic mass is 9.97. The lowest BCUT2D eigenvalue weighted by Gasteiger charge is -2.32. The molecule has 0 unspecified atom stereocenters. The zero-order valence-corrected chi connectivity index (χ0v) is 15.4. The average molecular weight is 358 g/mol. The van der Waals surface area contributed by atoms with Gasteiger partial charge in [0.2, 0.25) is 0 Å². The highest BCUT2D eigenvalue weighted by Gasteiger charge is 2.25. The molecule has 0 radical (unpaired) electrons. The van der Waals surface area contributed by atoms with Gasteiger partial charge in [0, 0.05) is 24.4 Å². The molecule has 0 saturated carbocycles. The number of nitrogens with one attached hydrogen (secondary N) is 1. The number of ether oxygens (including phenoxy) is 1. The Kier molecular flexibility index (Phi) is 3.93. The number of rotatable bonds is 3. The number of benzene rings is 2. The maximum atomic E-state index is 5.50. The van der Waals surface area contributed by atoms with E-state index < -0.39 is 0 Å². The molecule has 4 aromatic rings. The number of methoxy groups -OCH3 is 1. The van der Waals surface area contributed by atoms with Crippen molar-refractivity contribution in [3.8, 4) is 5.75 Å². The third-order valence-corrected chi connectivity index (χ3v) is 5.43. The van der Waals surface area contributed by atoms with Crippen molar-refractivity contribution in [3.05, 3.63) is 60.4 Å². The maximum absolute atomic E-state index is 5.50. The summed E-state index contributed by atoms with van der Waals surface area (Å²) in [4.78, 5) is 15.6. The highest BCUT2D eigenvalue weighted by molar-refractivity contribution is 5.86. The zero-order valence-electron chi connectivity index (χ0n) is 15.4. The number of H-pyrrole nitrogens is 1. The number of nitrogens with zero attached hydrogens (tertiary/aromatic N) is 3. The largest absolute Gasteiger partial charge is 0.494 e. The molecule has 5 rings (SSSR count). The molecule has 3 heterocycles. The summed E-state index contributed by atoms with van der Waals surface area (Å²) in [7, 11) is 1.70. The second kappa shape index (κ2) is 6.58. The van der Waals surface area contributed by atoms with E-state index in [4.69, 9.17) is 14.7 Å². The van der Waals surface area contributed by atoms with Gasteiger partial charge in [0.05, 0.1) is 18.1 Å². The molecule has 5 nitrogen and oxygen atoms in total. The lowest BCUT2D eigenvalue weighted by molar-refractivity contribution is 0.419. The highest BCUT2D eigenvalue weighted by Crippen LogP contribution is 2.31. The third kappa shape index (κ3) is 2.89. The van der Waals surface area contributed by atoms with Crippen molar-refractivity contribution in [3.63, 3.8) is 0 Å². The smallest absolute Gasteiger partial charge is 0.145 e. The van der Waals surface area contributed by atoms with Crippen LogP contribution in [0.1, 0.15) is 24.6 Å². The summed E-state index contributed by atoms with van der Waals surface area (Å²) >= 11 is 0. The van der Waals surface area contributed by atoms with Gasteiger partial charge in [-0.15, -0.1) is 0 Å². The normalized spacial score (nSPS) is 17.5. The van der Waals surface area contributed by atoms with Gasteiger partial charge in [-0.25, -0.2) is 9.97 Å². The number of aromatic nitrogens is 3. The van der Waals surface area contributed by atoms with Crippen molar-refractivity contribution in [1.29, 1.82) is 0 Å². The van der Waals surface area contributed by atoms with Crippen LogP contribution in [0.3, 0.4) is 0 Å². The van der Waals surface area contributed by atoms with Crippen LogP contribution in [-0.2, 0) is 0 Å². The Morgan fingerprint density at radius 2 is 1.96 bits per heavy atom. The van der Waals surface area contributed by atoms with Crippen LogP contribution in [0, 0.1) is 0 Å². The number of anilines is 1. The maximum Gasteiger partial charge on any atom is 0.145 e. The van der Waals surface area contributed by atoms with Gasteiger partial charge >= 0.3 is 0 Å². The first-order valence-corrected chi connectivity index (χ1v) is 9.45. The Morgan fingerprint density at radius 1 is 1.04 bits per heavy atom. The lowest BCUT2D eigenvalue weighted by Crippen LogP contribution is -2.35. The van der Waals surface area contributed by atoms with E-state index in [9.17, 15) is 0 Å². The Hall–Kier alpha value is -3.08. The van der Waals surface area contributed by atoms with Gasteiger partial charge in [0.15, 0.2) is 0 Å². The van der Waals surface area contributed by atoms with Crippen molar-refractivity contribution in [2.75, 3.05) is 25.1 Å². The van der Waals surface area contributed by atoms with Gasteiger partial charge in [0.1, 0.15) is 22.9 Å². The van der Waals surface area contributed by atoms with Gasteiger partial charge in [-0.05, 0) is 43.2 Å². The summed E-state index contributed by atoms with van der Waals surface area (Å²) in [5.74, 6) is 3.30. The molecule has 1 saturated heterocycles. The Morgan fingerprint density at radius 3 is 2.85 bits per heavy atom. The summed E-state index contributed by atoms with van der Waals surface area (Å²) in [5, 5.41) is 1.10. The van der Waals surface area contributed by atoms with Gasteiger partial charge in [0.25, 0.3) is 0 Å². The number of para-hydroxylation sites is 3. The second-order valence-corrected chi connectivity index (χ2v) is 7.13. The molecule has 1 fully saturated rings. The van der Waals surface area contributed by atoms with E-state index in [1.807, 2.05) is 24.3 Å². The van der Waals surface area contributed by atoms with E-state index >= 15 is 0 Å². The Balaban J connectivity index is 1.46. The summed E-state index contributed by atoms with van der Waals surface area (Å²) in [6, 6.07) is 18.5. The predicted molar refractivity (Wildman–Crippen MR) is 109 cm³/mol. The van der Waals surface area contributed by atoms with Crippen molar-refractivity contribution >= 4 is 27.8 Å². The van der Waals surface area contributed by atoms with Crippen LogP contribution >= 0.6 is 0 Å². The second-order valence-electron chi connectivity index (χ2n) is 7.13. The summed E-state index contributed by atoms with van der Waals surface area (Å²) < 4.78 is 5.50. The summed E-state index contributed by atoms with van der Waals surface area (Å²) in [6.07, 6.45) is 2.28. The molecule has 0 bridgehead atoms. The molecular formula is C22H22N4O. The minimum Gasteiger partial charge on any atom is -0.494 e. The first kappa shape index (κ1) is 16.1. The molecule has 0 amide bonds. The quantitative estimate of drug-likeness (QED) is 0.586. The van der Waals surface area contributed by atoms with Gasteiger partial charge < -0.3 is 14.6 Å². The molecule has 1 N–H and O–H groups in total. The Bertz CT molecular complexity index is 1070. The molecule has 5 heteroatoms. The fourth-order valence-corrected chi connectivity index (χ4v) is 4.02. The molecule has 2 aromatic carbocycles. The van der Waals surface area contributed by atoms with Gasteiger partial charge in [-0.2, -0.15) is 0 Å². The van der Waals surface area contributed by atoms with E-state index in [2.05, 4.69) is 40.2 Å². The van der Waals surface area contributed by atoms with Crippen molar-refractivity contribution in [1.82, 2.24) is 15.0 Å². The van der Waals surface area contributed by atoms with Crippen LogP contribution in [0.2, 0.25) is 0 Å². The van der Waals surface area contributed by atoms with Crippen LogP contribution in [0.15, 0.2) is 54.6 Å². The topological polar surface area (TPSA) is 54.0 Å². The molecule has 1 atom stereocenters. The standard InChI is InChI=1S/C22H22N4O/c1-27-19-10-4-6-15-11-12-20(25-21(15)19)26-13-5-7-16(14-26)22-23-17-8-2-3-9-18(17)24-22/h2-4,6,8-12,16H,5,7,13-14H2,1H3,(H,23,24)/t16-/m1/s1. The molecule has 0 spiro atoms. The minimum atomic E-state index is 0.390. The molecule has 0 aliphatic carbocycles. The van der Waals surface area contributed by atoms with Crippen LogP contribution in [0.4, 0.5) is 5.82 Å². The van der Waals surface area contributed by atoms with Crippen LogP contribution in [0.25, 0.3) is 21.9 Å². The fraction of sp³-hybridized carbons (Fsp3) is 0.273. The third-order valence-electron chi connectivity index (χ3n) is 5.43. The predicted octanol–water partition coefficient (Wildman–Crippen LogP) is 4.50. The minimum absolute atomic E-state index is 0.390. The van der Waals surface area contributed by atoms with E-state index in [0.717, 1.165) is 65.3 Å². The van der Waals surface area contributed by atoms with Crippen LogP contribution in [0.5, 0.6) is 5.75 Å². The summed E-state index contributed by atoms with van der Waals surface area (Å²) in [5.41, 5.74) is 3.07. The van der Waals surface area contributed by atoms with Crippen molar-refractivity contribution < 1.29 is 4.74 Å². The van der Waals surface area contributed by atoms with Gasteiger partial charge in [-0.1, -0.05) is 24.3 Å². The van der Waals surface area contributed by atoms with E-state index in [1.54, 1.807) is 7.11 Å². The zero-order chi connectivity index (χ0) is 18.2. The number of aromatic amines is 1. The number of hydrogen-bond donors (Lipinski definition) is 1. The fourth-order valence-electron chi connectivity index (χ4n) is 4.02. The first-order valence-electron chi connectivity index (χ1n) is 9.45. The highest BCUT2D eigenvalue weighted by atomic mass is 16.5. The van der Waals surface area contributed by atoms with Crippen LogP contribution in [-0.4, -0.2) is 35.2 Å². The number of hydrogen-bond acceptors (Lipinski definition) is 4. The number of fused-ring (bicyclic) bond motifs is 2. The number of imidazole rings is 1. The molecule has 1 aliphatic rings. The number of pyridine rings is 1. The molecule has 136 valence electrons. The van der Waals surface area contributed by atoms with Crippen molar-refractivity contribution in [2.24, 2.45) is 0 Å². The Labute approximate surface area is 158 Å². The van der Waals surface area contributed by atoms with E-state index in [0.29, 0.717) is 5.92 Å². The molecule has 27 heavy (non-hydrogen) atoms.